The Morgan fingerprint density at radius 1 is 0.548 bits per heavy atom. The standard InChI is InChI=1S/C39H24N2O/c1-23-40-34-15-8-16-36-38(34)41(23)35-20-18-25(22-37(35)42-36)24-17-19-29-28-11-4-7-14-32(28)39(33(29)21-24)30-12-5-2-9-26(30)27-10-3-6-13-31(27)39/h2-22H,1H3. The number of hydrogen-bond acceptors (Lipinski definition) is 2. The molecule has 6 aromatic carbocycles. The largest absolute Gasteiger partial charge is 0.453 e. The fraction of sp³-hybridized carbons (Fsp3) is 0.0513. The van der Waals surface area contributed by atoms with Crippen LogP contribution in [0.15, 0.2) is 127 Å². The van der Waals surface area contributed by atoms with Crippen LogP contribution in [0.1, 0.15) is 28.1 Å². The Balaban J connectivity index is 1.21. The van der Waals surface area contributed by atoms with Gasteiger partial charge in [0.1, 0.15) is 11.3 Å². The Hall–Kier alpha value is -5.41. The van der Waals surface area contributed by atoms with Crippen LogP contribution in [0, 0.1) is 6.92 Å². The normalized spacial score (nSPS) is 14.2. The van der Waals surface area contributed by atoms with Crippen molar-refractivity contribution < 1.29 is 4.74 Å². The van der Waals surface area contributed by atoms with Gasteiger partial charge in [0, 0.05) is 0 Å². The van der Waals surface area contributed by atoms with Crippen molar-refractivity contribution >= 4 is 11.0 Å². The number of nitrogens with zero attached hydrogens (tertiary/aromatic N) is 2. The van der Waals surface area contributed by atoms with Crippen molar-refractivity contribution in [3.05, 3.63) is 155 Å². The first-order valence-corrected chi connectivity index (χ1v) is 14.5. The molecule has 3 nitrogen and oxygen atoms in total. The highest BCUT2D eigenvalue weighted by atomic mass is 16.5. The van der Waals surface area contributed by atoms with Gasteiger partial charge in [-0.2, -0.15) is 0 Å². The lowest BCUT2D eigenvalue weighted by atomic mass is 9.70. The Morgan fingerprint density at radius 2 is 1.14 bits per heavy atom. The zero-order chi connectivity index (χ0) is 27.6. The maximum Gasteiger partial charge on any atom is 0.153 e. The first-order valence-electron chi connectivity index (χ1n) is 14.5. The summed E-state index contributed by atoms with van der Waals surface area (Å²) in [4.78, 5) is 4.78. The molecular weight excluding hydrogens is 512 g/mol. The van der Waals surface area contributed by atoms with Crippen LogP contribution >= 0.6 is 0 Å². The first-order chi connectivity index (χ1) is 20.7. The van der Waals surface area contributed by atoms with Crippen LogP contribution in [-0.2, 0) is 5.41 Å². The summed E-state index contributed by atoms with van der Waals surface area (Å²) in [6.45, 7) is 2.06. The predicted octanol–water partition coefficient (Wildman–Crippen LogP) is 9.45. The van der Waals surface area contributed by atoms with E-state index in [4.69, 9.17) is 9.72 Å². The van der Waals surface area contributed by atoms with Gasteiger partial charge in [0.25, 0.3) is 0 Å². The van der Waals surface area contributed by atoms with Gasteiger partial charge >= 0.3 is 0 Å². The van der Waals surface area contributed by atoms with Crippen LogP contribution in [-0.4, -0.2) is 9.55 Å². The molecule has 3 heteroatoms. The molecule has 196 valence electrons. The van der Waals surface area contributed by atoms with Gasteiger partial charge < -0.3 is 4.74 Å². The Labute approximate surface area is 243 Å². The van der Waals surface area contributed by atoms with Gasteiger partial charge in [-0.3, -0.25) is 4.57 Å². The van der Waals surface area contributed by atoms with Gasteiger partial charge in [-0.1, -0.05) is 97.1 Å². The smallest absolute Gasteiger partial charge is 0.153 e. The lowest BCUT2D eigenvalue weighted by Crippen LogP contribution is -2.25. The topological polar surface area (TPSA) is 27.1 Å². The summed E-state index contributed by atoms with van der Waals surface area (Å²) in [5.41, 5.74) is 15.7. The molecule has 42 heavy (non-hydrogen) atoms. The van der Waals surface area contributed by atoms with E-state index in [0.717, 1.165) is 39.6 Å². The first kappa shape index (κ1) is 22.3. The Kier molecular flexibility index (Phi) is 4.06. The monoisotopic (exact) mass is 536 g/mol. The summed E-state index contributed by atoms with van der Waals surface area (Å²) in [6.07, 6.45) is 0. The molecule has 0 saturated heterocycles. The molecule has 1 spiro atoms. The quantitative estimate of drug-likeness (QED) is 0.209. The summed E-state index contributed by atoms with van der Waals surface area (Å²) in [5.74, 6) is 2.66. The van der Waals surface area contributed by atoms with Crippen molar-refractivity contribution in [1.82, 2.24) is 9.55 Å². The van der Waals surface area contributed by atoms with Crippen LogP contribution < -0.4 is 4.74 Å². The SMILES string of the molecule is Cc1nc2cccc3c2n1-c1ccc(-c2ccc4c(c2)C2(c5ccccc5-c5ccccc52)c2ccccc2-4)cc1O3. The maximum atomic E-state index is 6.49. The van der Waals surface area contributed by atoms with Crippen LogP contribution in [0.4, 0.5) is 0 Å². The average Bonchev–Trinajstić information content (AvgIpc) is 3.65. The van der Waals surface area contributed by atoms with Gasteiger partial charge in [-0.15, -0.1) is 0 Å². The van der Waals surface area contributed by atoms with Gasteiger partial charge in [0.05, 0.1) is 16.6 Å². The van der Waals surface area contributed by atoms with Crippen molar-refractivity contribution in [1.29, 1.82) is 0 Å². The molecule has 7 aromatic rings. The molecule has 0 N–H and O–H groups in total. The lowest BCUT2D eigenvalue weighted by Gasteiger charge is -2.30. The van der Waals surface area contributed by atoms with E-state index in [1.54, 1.807) is 0 Å². The molecule has 0 unspecified atom stereocenters. The maximum absolute atomic E-state index is 6.49. The van der Waals surface area contributed by atoms with Crippen LogP contribution in [0.2, 0.25) is 0 Å². The number of rotatable bonds is 1. The summed E-state index contributed by atoms with van der Waals surface area (Å²) >= 11 is 0. The number of para-hydroxylation sites is 1. The summed E-state index contributed by atoms with van der Waals surface area (Å²) in [5, 5.41) is 0. The zero-order valence-corrected chi connectivity index (χ0v) is 22.9. The third-order valence-electron chi connectivity index (χ3n) is 9.56. The molecular formula is C39H24N2O. The molecule has 10 rings (SSSR count). The highest BCUT2D eigenvalue weighted by Gasteiger charge is 2.51. The fourth-order valence-electron chi connectivity index (χ4n) is 7.94. The minimum atomic E-state index is -0.349. The van der Waals surface area contributed by atoms with E-state index in [2.05, 4.69) is 121 Å². The Bertz CT molecular complexity index is 2240. The van der Waals surface area contributed by atoms with Crippen molar-refractivity contribution in [3.63, 3.8) is 0 Å². The second kappa shape index (κ2) is 7.65. The second-order valence-electron chi connectivity index (χ2n) is 11.5. The van der Waals surface area contributed by atoms with E-state index in [0.29, 0.717) is 0 Å². The van der Waals surface area contributed by atoms with Crippen LogP contribution in [0.3, 0.4) is 0 Å². The summed E-state index contributed by atoms with van der Waals surface area (Å²) in [6, 6.07) is 46.5. The van der Waals surface area contributed by atoms with E-state index in [-0.39, 0.29) is 5.41 Å². The van der Waals surface area contributed by atoms with E-state index in [9.17, 15) is 0 Å². The molecule has 0 amide bonds. The number of benzene rings is 6. The van der Waals surface area contributed by atoms with Crippen LogP contribution in [0.25, 0.3) is 50.1 Å². The number of aromatic nitrogens is 2. The molecule has 0 bridgehead atoms. The molecule has 0 radical (unpaired) electrons. The van der Waals surface area contributed by atoms with E-state index in [1.807, 2.05) is 18.2 Å². The van der Waals surface area contributed by atoms with Gasteiger partial charge in [0.2, 0.25) is 0 Å². The highest BCUT2D eigenvalue weighted by Crippen LogP contribution is 2.63. The van der Waals surface area contributed by atoms with Crippen LogP contribution in [0.5, 0.6) is 11.5 Å². The number of hydrogen-bond donors (Lipinski definition) is 0. The van der Waals surface area contributed by atoms with Crippen molar-refractivity contribution in [2.75, 3.05) is 0 Å². The molecule has 1 aliphatic heterocycles. The van der Waals surface area contributed by atoms with Crippen molar-refractivity contribution in [3.8, 4) is 50.6 Å². The molecule has 3 aliphatic rings. The minimum Gasteiger partial charge on any atom is -0.453 e. The number of fused-ring (bicyclic) bond motifs is 12. The summed E-state index contributed by atoms with van der Waals surface area (Å²) in [7, 11) is 0. The number of aryl methyl sites for hydroxylation is 1. The second-order valence-corrected chi connectivity index (χ2v) is 11.5. The molecule has 0 saturated carbocycles. The van der Waals surface area contributed by atoms with E-state index < -0.39 is 0 Å². The number of ether oxygens (including phenoxy) is 1. The molecule has 2 aliphatic carbocycles. The third-order valence-corrected chi connectivity index (χ3v) is 9.56. The number of imidazole rings is 1. The molecule has 0 atom stereocenters. The average molecular weight is 537 g/mol. The molecule has 1 aromatic heterocycles. The predicted molar refractivity (Wildman–Crippen MR) is 168 cm³/mol. The highest BCUT2D eigenvalue weighted by molar-refractivity contribution is 5.96. The minimum absolute atomic E-state index is 0.349. The molecule has 2 heterocycles. The van der Waals surface area contributed by atoms with Crippen molar-refractivity contribution in [2.45, 2.75) is 12.3 Å². The summed E-state index contributed by atoms with van der Waals surface area (Å²) < 4.78 is 8.71. The zero-order valence-electron chi connectivity index (χ0n) is 22.9. The van der Waals surface area contributed by atoms with E-state index in [1.165, 1.54) is 50.1 Å². The van der Waals surface area contributed by atoms with Gasteiger partial charge in [-0.25, -0.2) is 4.98 Å². The molecule has 0 fully saturated rings. The Morgan fingerprint density at radius 3 is 1.83 bits per heavy atom. The third kappa shape index (κ3) is 2.56. The van der Waals surface area contributed by atoms with Gasteiger partial charge in [-0.05, 0) is 92.9 Å². The lowest BCUT2D eigenvalue weighted by molar-refractivity contribution is 0.475. The van der Waals surface area contributed by atoms with E-state index >= 15 is 0 Å². The fourth-order valence-corrected chi connectivity index (χ4v) is 7.94. The van der Waals surface area contributed by atoms with Crippen molar-refractivity contribution in [2.24, 2.45) is 0 Å². The van der Waals surface area contributed by atoms with Gasteiger partial charge in [0.15, 0.2) is 11.5 Å².